The Labute approximate surface area is 251 Å². The highest BCUT2D eigenvalue weighted by atomic mass is 35.5. The molecule has 3 heterocycles. The lowest BCUT2D eigenvalue weighted by Crippen LogP contribution is -2.33. The van der Waals surface area contributed by atoms with Crippen molar-refractivity contribution in [1.82, 2.24) is 19.1 Å². The third-order valence-electron chi connectivity index (χ3n) is 7.44. The Balaban J connectivity index is 1.37. The molecule has 0 bridgehead atoms. The molecule has 0 spiro atoms. The lowest BCUT2D eigenvalue weighted by atomic mass is 9.92. The van der Waals surface area contributed by atoms with E-state index in [9.17, 15) is 19.5 Å². The van der Waals surface area contributed by atoms with Gasteiger partial charge in [-0.3, -0.25) is 19.0 Å². The van der Waals surface area contributed by atoms with E-state index in [1.165, 1.54) is 17.0 Å². The first-order valence-corrected chi connectivity index (χ1v) is 14.2. The number of para-hydroxylation sites is 1. The third-order valence-corrected chi connectivity index (χ3v) is 7.75. The Morgan fingerprint density at radius 1 is 1.05 bits per heavy atom. The molecule has 0 atom stereocenters. The van der Waals surface area contributed by atoms with Gasteiger partial charge in [0.05, 0.1) is 22.6 Å². The molecule has 0 fully saturated rings. The number of carbonyl (C=O) groups excluding carboxylic acids is 2. The maximum Gasteiger partial charge on any atom is 0.268 e. The number of anilines is 2. The van der Waals surface area contributed by atoms with Crippen molar-refractivity contribution in [2.45, 2.75) is 45.3 Å². The van der Waals surface area contributed by atoms with Crippen LogP contribution in [0.2, 0.25) is 5.02 Å². The molecule has 1 aliphatic carbocycles. The Kier molecular flexibility index (Phi) is 7.11. The maximum atomic E-state index is 13.7. The number of nitrogen functional groups attached to an aromatic ring is 1. The van der Waals surface area contributed by atoms with Crippen molar-refractivity contribution in [2.24, 2.45) is 0 Å². The van der Waals surface area contributed by atoms with Crippen molar-refractivity contribution in [3.63, 3.8) is 0 Å². The number of Topliss-reactive ketones (excluding diaryl/α,β-unsaturated/α-hetero) is 1. The summed E-state index contributed by atoms with van der Waals surface area (Å²) in [6, 6.07) is 15.4. The van der Waals surface area contributed by atoms with Gasteiger partial charge in [-0.15, -0.1) is 0 Å². The zero-order chi connectivity index (χ0) is 30.5. The van der Waals surface area contributed by atoms with Crippen molar-refractivity contribution in [2.75, 3.05) is 11.1 Å². The van der Waals surface area contributed by atoms with E-state index in [2.05, 4.69) is 15.3 Å². The number of rotatable bonds is 6. The summed E-state index contributed by atoms with van der Waals surface area (Å²) in [6.07, 6.45) is 4.74. The summed E-state index contributed by atoms with van der Waals surface area (Å²) in [5.74, 6) is -0.488. The van der Waals surface area contributed by atoms with Crippen molar-refractivity contribution >= 4 is 45.8 Å². The minimum Gasteiger partial charge on any atom is -0.389 e. The quantitative estimate of drug-likeness (QED) is 0.249. The van der Waals surface area contributed by atoms with Crippen LogP contribution in [0.4, 0.5) is 11.5 Å². The van der Waals surface area contributed by atoms with Gasteiger partial charge in [-0.25, -0.2) is 9.97 Å². The van der Waals surface area contributed by atoms with Crippen molar-refractivity contribution < 1.29 is 14.7 Å². The molecule has 218 valence electrons. The molecule has 5 aromatic rings. The van der Waals surface area contributed by atoms with Crippen molar-refractivity contribution in [3.8, 4) is 16.8 Å². The molecule has 0 saturated carbocycles. The summed E-state index contributed by atoms with van der Waals surface area (Å²) in [6.45, 7) is 3.65. The standard InChI is InChI=1S/C32H29ClN6O4/c1-32(2,43)16-38-15-23(27-28(34)35-17-36-29(27)38)20-12-11-18(13-24(20)33)37-30(41)22-14-21-25(9-6-10-26(21)40)39(31(22)42)19-7-4-3-5-8-19/h3-5,7-8,11-15,17,43H,6,9-10,16H2,1-2H3,(H,37,41)(H2,34,35,36). The van der Waals surface area contributed by atoms with Crippen LogP contribution in [0.1, 0.15) is 53.1 Å². The number of aromatic nitrogens is 4. The smallest absolute Gasteiger partial charge is 0.268 e. The predicted octanol–water partition coefficient (Wildman–Crippen LogP) is 5.03. The van der Waals surface area contributed by atoms with E-state index in [4.69, 9.17) is 17.3 Å². The molecule has 3 aromatic heterocycles. The predicted molar refractivity (Wildman–Crippen MR) is 166 cm³/mol. The highest BCUT2D eigenvalue weighted by molar-refractivity contribution is 6.34. The van der Waals surface area contributed by atoms with Crippen LogP contribution >= 0.6 is 11.6 Å². The van der Waals surface area contributed by atoms with E-state index in [1.807, 2.05) is 12.3 Å². The van der Waals surface area contributed by atoms with E-state index in [0.717, 1.165) is 0 Å². The number of ketones is 1. The highest BCUT2D eigenvalue weighted by Crippen LogP contribution is 2.38. The van der Waals surface area contributed by atoms with E-state index in [1.54, 1.807) is 60.9 Å². The number of aliphatic hydroxyl groups is 1. The molecule has 4 N–H and O–H groups in total. The average molecular weight is 597 g/mol. The Morgan fingerprint density at radius 2 is 1.81 bits per heavy atom. The molecule has 10 nitrogen and oxygen atoms in total. The van der Waals surface area contributed by atoms with Gasteiger partial charge in [-0.05, 0) is 57.0 Å². The van der Waals surface area contributed by atoms with Crippen LogP contribution in [0.25, 0.3) is 27.8 Å². The normalized spacial score (nSPS) is 13.3. The van der Waals surface area contributed by atoms with Gasteiger partial charge in [-0.2, -0.15) is 0 Å². The molecule has 0 saturated heterocycles. The monoisotopic (exact) mass is 596 g/mol. The van der Waals surface area contributed by atoms with Gasteiger partial charge in [0.25, 0.3) is 11.5 Å². The molecule has 0 unspecified atom stereocenters. The van der Waals surface area contributed by atoms with Crippen LogP contribution in [0, 0.1) is 0 Å². The number of nitrogens with one attached hydrogen (secondary N) is 1. The number of hydrogen-bond acceptors (Lipinski definition) is 7. The van der Waals surface area contributed by atoms with Crippen LogP contribution < -0.4 is 16.6 Å². The molecule has 11 heteroatoms. The SMILES string of the molecule is CC(C)(O)Cn1cc(-c2ccc(NC(=O)c3cc4c(n(-c5ccccc5)c3=O)CCCC4=O)cc2Cl)c2c(N)ncnc21. The van der Waals surface area contributed by atoms with Crippen molar-refractivity contribution in [1.29, 1.82) is 0 Å². The van der Waals surface area contributed by atoms with Gasteiger partial charge >= 0.3 is 0 Å². The van der Waals surface area contributed by atoms with Crippen LogP contribution in [-0.4, -0.2) is 41.5 Å². The minimum absolute atomic E-state index is 0.0978. The minimum atomic E-state index is -1.01. The van der Waals surface area contributed by atoms with Crippen LogP contribution in [-0.2, 0) is 13.0 Å². The van der Waals surface area contributed by atoms with E-state index < -0.39 is 17.1 Å². The second-order valence-electron chi connectivity index (χ2n) is 11.3. The number of benzene rings is 2. The molecule has 6 rings (SSSR count). The summed E-state index contributed by atoms with van der Waals surface area (Å²) in [7, 11) is 0. The second-order valence-corrected chi connectivity index (χ2v) is 11.7. The largest absolute Gasteiger partial charge is 0.389 e. The van der Waals surface area contributed by atoms with Gasteiger partial charge in [0.1, 0.15) is 23.4 Å². The van der Waals surface area contributed by atoms with Gasteiger partial charge < -0.3 is 20.7 Å². The number of fused-ring (bicyclic) bond motifs is 2. The van der Waals surface area contributed by atoms with Gasteiger partial charge in [0.15, 0.2) is 5.78 Å². The Bertz CT molecular complexity index is 1970. The van der Waals surface area contributed by atoms with E-state index in [-0.39, 0.29) is 23.7 Å². The van der Waals surface area contributed by atoms with E-state index in [0.29, 0.717) is 69.1 Å². The third kappa shape index (κ3) is 5.31. The summed E-state index contributed by atoms with van der Waals surface area (Å²) in [5, 5.41) is 14.1. The summed E-state index contributed by atoms with van der Waals surface area (Å²) in [5.41, 5.74) is 8.35. The number of halogens is 1. The summed E-state index contributed by atoms with van der Waals surface area (Å²) >= 11 is 6.74. The zero-order valence-electron chi connectivity index (χ0n) is 23.6. The molecule has 1 amide bonds. The summed E-state index contributed by atoms with van der Waals surface area (Å²) in [4.78, 5) is 48.5. The average Bonchev–Trinajstić information content (AvgIpc) is 3.31. The molecule has 0 aliphatic heterocycles. The topological polar surface area (TPSA) is 145 Å². The van der Waals surface area contributed by atoms with Gasteiger partial charge in [0, 0.05) is 46.4 Å². The first-order valence-electron chi connectivity index (χ1n) is 13.8. The molecular formula is C32H29ClN6O4. The summed E-state index contributed by atoms with van der Waals surface area (Å²) < 4.78 is 3.26. The number of pyridine rings is 1. The number of carbonyl (C=O) groups is 2. The first-order chi connectivity index (χ1) is 20.5. The zero-order valence-corrected chi connectivity index (χ0v) is 24.4. The second kappa shape index (κ2) is 10.8. The fraction of sp³-hybridized carbons (Fsp3) is 0.219. The molecular weight excluding hydrogens is 568 g/mol. The Hall–Kier alpha value is -4.80. The fourth-order valence-corrected chi connectivity index (χ4v) is 5.89. The number of nitrogens with zero attached hydrogens (tertiary/aromatic N) is 4. The fourth-order valence-electron chi connectivity index (χ4n) is 5.60. The Morgan fingerprint density at radius 3 is 2.53 bits per heavy atom. The number of nitrogens with two attached hydrogens (primary N) is 1. The number of hydrogen-bond donors (Lipinski definition) is 3. The maximum absolute atomic E-state index is 13.7. The number of amides is 1. The van der Waals surface area contributed by atoms with Crippen LogP contribution in [0.5, 0.6) is 0 Å². The van der Waals surface area contributed by atoms with Crippen LogP contribution in [0.15, 0.2) is 71.9 Å². The van der Waals surface area contributed by atoms with E-state index >= 15 is 0 Å². The molecule has 1 aliphatic rings. The van der Waals surface area contributed by atoms with Gasteiger partial charge in [-0.1, -0.05) is 35.9 Å². The molecule has 43 heavy (non-hydrogen) atoms. The molecule has 2 aromatic carbocycles. The molecule has 0 radical (unpaired) electrons. The first kappa shape index (κ1) is 28.3. The van der Waals surface area contributed by atoms with Crippen molar-refractivity contribution in [3.05, 3.63) is 99.3 Å². The highest BCUT2D eigenvalue weighted by Gasteiger charge is 2.27. The van der Waals surface area contributed by atoms with Crippen LogP contribution in [0.3, 0.4) is 0 Å². The lowest BCUT2D eigenvalue weighted by molar-refractivity contribution is 0.0627. The lowest BCUT2D eigenvalue weighted by Gasteiger charge is -2.21. The van der Waals surface area contributed by atoms with Gasteiger partial charge in [0.2, 0.25) is 0 Å².